The number of aromatic amines is 1. The lowest BCUT2D eigenvalue weighted by Crippen LogP contribution is -2.34. The Hall–Kier alpha value is -2.92. The molecule has 0 atom stereocenters. The van der Waals surface area contributed by atoms with Crippen molar-refractivity contribution in [3.05, 3.63) is 43.6 Å². The van der Waals surface area contributed by atoms with Crippen LogP contribution in [0.25, 0.3) is 16.0 Å². The van der Waals surface area contributed by atoms with E-state index in [4.69, 9.17) is 21.1 Å². The van der Waals surface area contributed by atoms with Crippen molar-refractivity contribution in [2.24, 2.45) is 0 Å². The number of halogens is 1. The van der Waals surface area contributed by atoms with Crippen molar-refractivity contribution >= 4 is 39.9 Å². The van der Waals surface area contributed by atoms with Crippen molar-refractivity contribution < 1.29 is 14.3 Å². The van der Waals surface area contributed by atoms with Gasteiger partial charge in [-0.2, -0.15) is 0 Å². The average molecular weight is 440 g/mol. The summed E-state index contributed by atoms with van der Waals surface area (Å²) < 4.78 is 11.9. The minimum Gasteiger partial charge on any atom is -0.475 e. The van der Waals surface area contributed by atoms with Crippen LogP contribution < -0.4 is 21.3 Å². The van der Waals surface area contributed by atoms with Crippen molar-refractivity contribution in [3.8, 4) is 11.0 Å². The number of fused-ring (bicyclic) bond motifs is 1. The van der Waals surface area contributed by atoms with Gasteiger partial charge < -0.3 is 14.8 Å². The molecule has 154 valence electrons. The van der Waals surface area contributed by atoms with Gasteiger partial charge in [0.05, 0.1) is 12.1 Å². The molecule has 0 aliphatic heterocycles. The number of nitrogens with zero attached hydrogens (tertiary/aromatic N) is 3. The second-order valence-electron chi connectivity index (χ2n) is 6.83. The molecule has 0 fully saturated rings. The minimum atomic E-state index is -0.669. The van der Waals surface area contributed by atoms with E-state index in [0.29, 0.717) is 5.13 Å². The first-order valence-corrected chi connectivity index (χ1v) is 9.76. The lowest BCUT2D eigenvalue weighted by atomic mass is 10.2. The van der Waals surface area contributed by atoms with Crippen molar-refractivity contribution in [1.29, 1.82) is 0 Å². The summed E-state index contributed by atoms with van der Waals surface area (Å²) in [5.74, 6) is -0.0648. The van der Waals surface area contributed by atoms with Crippen LogP contribution in [0.4, 0.5) is 4.79 Å². The lowest BCUT2D eigenvalue weighted by molar-refractivity contribution is 0.0520. The number of aromatic nitrogens is 4. The van der Waals surface area contributed by atoms with Crippen LogP contribution in [0.2, 0.25) is 5.15 Å². The molecule has 0 bridgehead atoms. The van der Waals surface area contributed by atoms with Crippen molar-refractivity contribution in [1.82, 2.24) is 24.8 Å². The van der Waals surface area contributed by atoms with Crippen LogP contribution in [0.3, 0.4) is 0 Å². The Balaban J connectivity index is 1.88. The van der Waals surface area contributed by atoms with Crippen LogP contribution in [-0.2, 0) is 4.74 Å². The Bertz CT molecular complexity index is 1150. The van der Waals surface area contributed by atoms with Crippen molar-refractivity contribution in [3.63, 3.8) is 0 Å². The molecule has 3 aromatic rings. The van der Waals surface area contributed by atoms with Gasteiger partial charge in [0.1, 0.15) is 22.7 Å². The Morgan fingerprint density at radius 1 is 1.38 bits per heavy atom. The number of pyridine rings is 1. The molecule has 3 heterocycles. The molecular formula is C17H18ClN5O5S. The number of hydrogen-bond donors (Lipinski definition) is 2. The molecule has 0 unspecified atom stereocenters. The smallest absolute Gasteiger partial charge is 0.407 e. The first-order chi connectivity index (χ1) is 13.7. The fraction of sp³-hybridized carbons (Fsp3) is 0.353. The zero-order chi connectivity index (χ0) is 21.2. The number of hydrogen-bond acceptors (Lipinski definition) is 8. The van der Waals surface area contributed by atoms with Gasteiger partial charge in [-0.25, -0.2) is 24.1 Å². The van der Waals surface area contributed by atoms with Gasteiger partial charge >= 0.3 is 11.8 Å². The molecule has 3 aromatic heterocycles. The topological polar surface area (TPSA) is 128 Å². The minimum absolute atomic E-state index is 0.00248. The molecule has 3 rings (SSSR count). The Labute approximate surface area is 173 Å². The SMILES string of the molecule is CC(C)(C)OC(=O)NCCOc1nc(Cl)cc2c1c(=O)[nH]c(=O)n2-c1nccs1. The number of amides is 1. The van der Waals surface area contributed by atoms with Gasteiger partial charge in [0, 0.05) is 17.6 Å². The number of thiazole rings is 1. The predicted octanol–water partition coefficient (Wildman–Crippen LogP) is 2.09. The third-order valence-electron chi connectivity index (χ3n) is 3.45. The third-order valence-corrected chi connectivity index (χ3v) is 4.40. The number of ether oxygens (including phenoxy) is 2. The molecule has 0 aliphatic rings. The molecule has 10 nitrogen and oxygen atoms in total. The molecule has 0 saturated heterocycles. The molecular weight excluding hydrogens is 422 g/mol. The summed E-state index contributed by atoms with van der Waals surface area (Å²) in [5, 5.41) is 4.66. The van der Waals surface area contributed by atoms with Gasteiger partial charge in [-0.1, -0.05) is 11.6 Å². The highest BCUT2D eigenvalue weighted by Gasteiger charge is 2.18. The molecule has 0 spiro atoms. The van der Waals surface area contributed by atoms with Crippen LogP contribution in [0.1, 0.15) is 20.8 Å². The summed E-state index contributed by atoms with van der Waals surface area (Å²) in [5.41, 5.74) is -1.74. The highest BCUT2D eigenvalue weighted by molar-refractivity contribution is 7.12. The van der Waals surface area contributed by atoms with E-state index in [1.807, 2.05) is 0 Å². The standard InChI is InChI=1S/C17H18ClN5O5S/c1-17(2,3)28-16(26)20-4-6-27-13-11-9(8-10(18)21-13)23(14(25)22-12(11)24)15-19-5-7-29-15/h5,7-8H,4,6H2,1-3H3,(H,20,26)(H,22,24,25). The molecule has 0 aliphatic carbocycles. The summed E-state index contributed by atoms with van der Waals surface area (Å²) in [6, 6.07) is 1.39. The number of carbonyl (C=O) groups excluding carboxylic acids is 1. The summed E-state index contributed by atoms with van der Waals surface area (Å²) in [6.07, 6.45) is 0.937. The second-order valence-corrected chi connectivity index (χ2v) is 8.09. The van der Waals surface area contributed by atoms with E-state index in [0.717, 1.165) is 0 Å². The van der Waals surface area contributed by atoms with E-state index in [1.165, 1.54) is 28.2 Å². The molecule has 12 heteroatoms. The second kappa shape index (κ2) is 8.21. The van der Waals surface area contributed by atoms with Crippen LogP contribution >= 0.6 is 22.9 Å². The maximum absolute atomic E-state index is 12.4. The molecule has 0 radical (unpaired) electrons. The maximum atomic E-state index is 12.4. The van der Waals surface area contributed by atoms with E-state index in [9.17, 15) is 14.4 Å². The summed E-state index contributed by atoms with van der Waals surface area (Å²) in [4.78, 5) is 46.8. The van der Waals surface area contributed by atoms with Gasteiger partial charge in [-0.3, -0.25) is 9.78 Å². The number of carbonyl (C=O) groups is 1. The quantitative estimate of drug-likeness (QED) is 0.460. The van der Waals surface area contributed by atoms with Gasteiger partial charge in [-0.15, -0.1) is 11.3 Å². The average Bonchev–Trinajstić information content (AvgIpc) is 3.10. The van der Waals surface area contributed by atoms with Gasteiger partial charge in [-0.05, 0) is 20.8 Å². The van der Waals surface area contributed by atoms with Crippen molar-refractivity contribution in [2.45, 2.75) is 26.4 Å². The number of H-pyrrole nitrogens is 1. The van der Waals surface area contributed by atoms with E-state index in [1.54, 1.807) is 26.2 Å². The van der Waals surface area contributed by atoms with Crippen LogP contribution in [0.5, 0.6) is 5.88 Å². The van der Waals surface area contributed by atoms with E-state index >= 15 is 0 Å². The van der Waals surface area contributed by atoms with Crippen LogP contribution in [0.15, 0.2) is 27.2 Å². The summed E-state index contributed by atoms with van der Waals surface area (Å²) >= 11 is 7.29. The van der Waals surface area contributed by atoms with Gasteiger partial charge in [0.25, 0.3) is 5.56 Å². The third kappa shape index (κ3) is 4.93. The monoisotopic (exact) mass is 439 g/mol. The number of nitrogens with one attached hydrogen (secondary N) is 2. The molecule has 29 heavy (non-hydrogen) atoms. The largest absolute Gasteiger partial charge is 0.475 e. The Kier molecular flexibility index (Phi) is 5.89. The zero-order valence-electron chi connectivity index (χ0n) is 15.8. The fourth-order valence-corrected chi connectivity index (χ4v) is 3.26. The highest BCUT2D eigenvalue weighted by Crippen LogP contribution is 2.25. The van der Waals surface area contributed by atoms with E-state index < -0.39 is 22.9 Å². The number of alkyl carbamates (subject to hydrolysis) is 1. The molecule has 0 saturated carbocycles. The normalized spacial score (nSPS) is 11.4. The number of rotatable bonds is 5. The highest BCUT2D eigenvalue weighted by atomic mass is 35.5. The molecule has 1 amide bonds. The Morgan fingerprint density at radius 2 is 2.14 bits per heavy atom. The Morgan fingerprint density at radius 3 is 2.79 bits per heavy atom. The summed E-state index contributed by atoms with van der Waals surface area (Å²) in [6.45, 7) is 5.35. The zero-order valence-corrected chi connectivity index (χ0v) is 17.4. The van der Waals surface area contributed by atoms with Gasteiger partial charge in [0.15, 0.2) is 5.13 Å². The lowest BCUT2D eigenvalue weighted by Gasteiger charge is -2.19. The fourth-order valence-electron chi connectivity index (χ4n) is 2.43. The predicted molar refractivity (Wildman–Crippen MR) is 108 cm³/mol. The van der Waals surface area contributed by atoms with Gasteiger partial charge in [0.2, 0.25) is 5.88 Å². The first kappa shape index (κ1) is 20.8. The van der Waals surface area contributed by atoms with Crippen LogP contribution in [0, 0.1) is 0 Å². The molecule has 0 aromatic carbocycles. The van der Waals surface area contributed by atoms with Crippen molar-refractivity contribution in [2.75, 3.05) is 13.2 Å². The first-order valence-electron chi connectivity index (χ1n) is 8.51. The van der Waals surface area contributed by atoms with E-state index in [-0.39, 0.29) is 35.1 Å². The van der Waals surface area contributed by atoms with E-state index in [2.05, 4.69) is 20.3 Å². The maximum Gasteiger partial charge on any atom is 0.407 e. The summed E-state index contributed by atoms with van der Waals surface area (Å²) in [7, 11) is 0. The van der Waals surface area contributed by atoms with Crippen LogP contribution in [-0.4, -0.2) is 44.4 Å². The molecule has 2 N–H and O–H groups in total.